The Hall–Kier alpha value is -0.570. The molecule has 92 valence electrons. The molecule has 2 nitrogen and oxygen atoms in total. The second-order valence-corrected chi connectivity index (χ2v) is 5.59. The molecule has 0 radical (unpaired) electrons. The van der Waals surface area contributed by atoms with E-state index in [0.717, 1.165) is 17.6 Å². The molecule has 0 amide bonds. The average Bonchev–Trinajstić information content (AvgIpc) is 3.08. The fraction of sp³-hybridized carbons (Fsp3) is 0.571. The van der Waals surface area contributed by atoms with Crippen LogP contribution >= 0.6 is 11.6 Å². The third-order valence-electron chi connectivity index (χ3n) is 3.82. The molecule has 1 aliphatic heterocycles. The molecule has 1 aromatic rings. The topological polar surface area (TPSA) is 15.3 Å². The van der Waals surface area contributed by atoms with E-state index in [1.54, 1.807) is 0 Å². The predicted molar refractivity (Wildman–Crippen MR) is 71.3 cm³/mol. The minimum Gasteiger partial charge on any atom is -0.309 e. The van der Waals surface area contributed by atoms with E-state index in [9.17, 15) is 0 Å². The van der Waals surface area contributed by atoms with E-state index in [1.165, 1.54) is 37.9 Å². The standard InChI is InChI=1S/C14H19ClN2/c15-14-4-2-1-3-11(14)9-16-12-7-8-17(10-12)13-5-6-13/h1-4,12-13,16H,5-10H2. The summed E-state index contributed by atoms with van der Waals surface area (Å²) in [7, 11) is 0. The molecule has 1 aromatic carbocycles. The van der Waals surface area contributed by atoms with Crippen LogP contribution in [0.5, 0.6) is 0 Å². The van der Waals surface area contributed by atoms with Crippen LogP contribution in [0, 0.1) is 0 Å². The summed E-state index contributed by atoms with van der Waals surface area (Å²) in [5.74, 6) is 0. The van der Waals surface area contributed by atoms with Crippen molar-refractivity contribution in [2.24, 2.45) is 0 Å². The molecule has 3 rings (SSSR count). The van der Waals surface area contributed by atoms with Crippen molar-refractivity contribution in [1.29, 1.82) is 0 Å². The van der Waals surface area contributed by atoms with Crippen LogP contribution in [0.4, 0.5) is 0 Å². The zero-order valence-electron chi connectivity index (χ0n) is 10.0. The lowest BCUT2D eigenvalue weighted by Crippen LogP contribution is -2.32. The average molecular weight is 251 g/mol. The molecule has 1 heterocycles. The molecular weight excluding hydrogens is 232 g/mol. The van der Waals surface area contributed by atoms with Gasteiger partial charge in [-0.25, -0.2) is 0 Å². The quantitative estimate of drug-likeness (QED) is 0.884. The summed E-state index contributed by atoms with van der Waals surface area (Å²) in [5, 5.41) is 4.50. The molecular formula is C14H19ClN2. The first-order chi connectivity index (χ1) is 8.33. The SMILES string of the molecule is Clc1ccccc1CNC1CCN(C2CC2)C1. The maximum atomic E-state index is 6.15. The van der Waals surface area contributed by atoms with E-state index >= 15 is 0 Å². The van der Waals surface area contributed by atoms with Crippen molar-refractivity contribution in [2.45, 2.75) is 37.9 Å². The molecule has 2 aliphatic rings. The van der Waals surface area contributed by atoms with Gasteiger partial charge in [0, 0.05) is 36.7 Å². The van der Waals surface area contributed by atoms with Crippen molar-refractivity contribution < 1.29 is 0 Å². The van der Waals surface area contributed by atoms with E-state index in [-0.39, 0.29) is 0 Å². The first kappa shape index (κ1) is 11.5. The van der Waals surface area contributed by atoms with Gasteiger partial charge < -0.3 is 5.32 Å². The summed E-state index contributed by atoms with van der Waals surface area (Å²) in [6, 6.07) is 9.64. The summed E-state index contributed by atoms with van der Waals surface area (Å²) >= 11 is 6.15. The highest BCUT2D eigenvalue weighted by Gasteiger charge is 2.33. The normalized spacial score (nSPS) is 25.4. The van der Waals surface area contributed by atoms with Crippen molar-refractivity contribution in [3.05, 3.63) is 34.9 Å². The van der Waals surface area contributed by atoms with Crippen LogP contribution in [0.3, 0.4) is 0 Å². The van der Waals surface area contributed by atoms with Gasteiger partial charge in [-0.3, -0.25) is 4.90 Å². The predicted octanol–water partition coefficient (Wildman–Crippen LogP) is 2.67. The minimum atomic E-state index is 0.645. The molecule has 0 spiro atoms. The number of rotatable bonds is 4. The van der Waals surface area contributed by atoms with Gasteiger partial charge in [-0.05, 0) is 30.9 Å². The molecule has 0 aromatic heterocycles. The lowest BCUT2D eigenvalue weighted by atomic mass is 10.2. The Balaban J connectivity index is 1.50. The van der Waals surface area contributed by atoms with Crippen molar-refractivity contribution in [1.82, 2.24) is 10.2 Å². The Bertz CT molecular complexity index is 390. The van der Waals surface area contributed by atoms with Gasteiger partial charge in [-0.1, -0.05) is 29.8 Å². The first-order valence-electron chi connectivity index (χ1n) is 6.54. The lowest BCUT2D eigenvalue weighted by molar-refractivity contribution is 0.317. The molecule has 0 bridgehead atoms. The first-order valence-corrected chi connectivity index (χ1v) is 6.91. The number of hydrogen-bond acceptors (Lipinski definition) is 2. The van der Waals surface area contributed by atoms with E-state index in [1.807, 2.05) is 18.2 Å². The Morgan fingerprint density at radius 2 is 2.06 bits per heavy atom. The molecule has 1 unspecified atom stereocenters. The van der Waals surface area contributed by atoms with Gasteiger partial charge in [0.25, 0.3) is 0 Å². The van der Waals surface area contributed by atoms with Crippen LogP contribution in [0.1, 0.15) is 24.8 Å². The molecule has 1 atom stereocenters. The maximum Gasteiger partial charge on any atom is 0.0450 e. The van der Waals surface area contributed by atoms with Crippen molar-refractivity contribution in [2.75, 3.05) is 13.1 Å². The van der Waals surface area contributed by atoms with Crippen LogP contribution in [-0.2, 0) is 6.54 Å². The van der Waals surface area contributed by atoms with E-state index < -0.39 is 0 Å². The molecule has 1 saturated carbocycles. The number of nitrogens with zero attached hydrogens (tertiary/aromatic N) is 1. The van der Waals surface area contributed by atoms with Gasteiger partial charge >= 0.3 is 0 Å². The zero-order chi connectivity index (χ0) is 11.7. The molecule has 17 heavy (non-hydrogen) atoms. The lowest BCUT2D eigenvalue weighted by Gasteiger charge is -2.16. The highest BCUT2D eigenvalue weighted by Crippen LogP contribution is 2.29. The summed E-state index contributed by atoms with van der Waals surface area (Å²) in [5.41, 5.74) is 1.21. The zero-order valence-corrected chi connectivity index (χ0v) is 10.8. The maximum absolute atomic E-state index is 6.15. The highest BCUT2D eigenvalue weighted by atomic mass is 35.5. The third-order valence-corrected chi connectivity index (χ3v) is 4.19. The van der Waals surface area contributed by atoms with Crippen LogP contribution in [0.25, 0.3) is 0 Å². The Morgan fingerprint density at radius 3 is 2.82 bits per heavy atom. The van der Waals surface area contributed by atoms with Crippen LogP contribution < -0.4 is 5.32 Å². The summed E-state index contributed by atoms with van der Waals surface area (Å²) in [6.07, 6.45) is 4.11. The van der Waals surface area contributed by atoms with Gasteiger partial charge in [-0.2, -0.15) is 0 Å². The van der Waals surface area contributed by atoms with Crippen LogP contribution in [0.2, 0.25) is 5.02 Å². The second-order valence-electron chi connectivity index (χ2n) is 5.18. The fourth-order valence-electron chi connectivity index (χ4n) is 2.62. The third kappa shape index (κ3) is 2.82. The Kier molecular flexibility index (Phi) is 3.37. The van der Waals surface area contributed by atoms with E-state index in [4.69, 9.17) is 11.6 Å². The van der Waals surface area contributed by atoms with Crippen LogP contribution in [-0.4, -0.2) is 30.1 Å². The number of benzene rings is 1. The highest BCUT2D eigenvalue weighted by molar-refractivity contribution is 6.31. The Labute approximate surface area is 108 Å². The van der Waals surface area contributed by atoms with Crippen molar-refractivity contribution in [3.8, 4) is 0 Å². The number of hydrogen-bond donors (Lipinski definition) is 1. The van der Waals surface area contributed by atoms with Crippen LogP contribution in [0.15, 0.2) is 24.3 Å². The molecule has 1 N–H and O–H groups in total. The smallest absolute Gasteiger partial charge is 0.0450 e. The molecule has 3 heteroatoms. The summed E-state index contributed by atoms with van der Waals surface area (Å²) in [4.78, 5) is 2.63. The van der Waals surface area contributed by atoms with Gasteiger partial charge in [0.05, 0.1) is 0 Å². The van der Waals surface area contributed by atoms with Gasteiger partial charge in [0.1, 0.15) is 0 Å². The van der Waals surface area contributed by atoms with Crippen molar-refractivity contribution >= 4 is 11.6 Å². The number of nitrogens with one attached hydrogen (secondary N) is 1. The summed E-state index contributed by atoms with van der Waals surface area (Å²) < 4.78 is 0. The largest absolute Gasteiger partial charge is 0.309 e. The summed E-state index contributed by atoms with van der Waals surface area (Å²) in [6.45, 7) is 3.38. The van der Waals surface area contributed by atoms with Gasteiger partial charge in [-0.15, -0.1) is 0 Å². The second kappa shape index (κ2) is 4.97. The number of halogens is 1. The minimum absolute atomic E-state index is 0.645. The van der Waals surface area contributed by atoms with Gasteiger partial charge in [0.2, 0.25) is 0 Å². The molecule has 1 aliphatic carbocycles. The van der Waals surface area contributed by atoms with Gasteiger partial charge in [0.15, 0.2) is 0 Å². The van der Waals surface area contributed by atoms with E-state index in [2.05, 4.69) is 16.3 Å². The molecule has 2 fully saturated rings. The fourth-order valence-corrected chi connectivity index (χ4v) is 2.82. The van der Waals surface area contributed by atoms with Crippen molar-refractivity contribution in [3.63, 3.8) is 0 Å². The Morgan fingerprint density at radius 1 is 1.24 bits per heavy atom. The monoisotopic (exact) mass is 250 g/mol. The van der Waals surface area contributed by atoms with E-state index in [0.29, 0.717) is 6.04 Å². The number of likely N-dealkylation sites (tertiary alicyclic amines) is 1. The molecule has 1 saturated heterocycles.